The number of rotatable bonds is 10. The fraction of sp³-hybridized carbons (Fsp3) is 0.214. The van der Waals surface area contributed by atoms with Crippen molar-refractivity contribution in [2.75, 3.05) is 49.5 Å². The summed E-state index contributed by atoms with van der Waals surface area (Å²) in [6.07, 6.45) is 1.47. The molecule has 9 nitrogen and oxygen atoms in total. The van der Waals surface area contributed by atoms with E-state index in [0.29, 0.717) is 23.8 Å². The van der Waals surface area contributed by atoms with Gasteiger partial charge in [-0.05, 0) is 66.7 Å². The predicted molar refractivity (Wildman–Crippen MR) is 152 cm³/mol. The largest absolute Gasteiger partial charge is 0.492 e. The predicted octanol–water partition coefficient (Wildman–Crippen LogP) is 5.19. The summed E-state index contributed by atoms with van der Waals surface area (Å²) in [5.74, 6) is 0.679. The second-order valence-electron chi connectivity index (χ2n) is 9.00. The van der Waals surface area contributed by atoms with Crippen LogP contribution in [0.15, 0.2) is 84.0 Å². The summed E-state index contributed by atoms with van der Waals surface area (Å²) in [7, 11) is -3.93. The van der Waals surface area contributed by atoms with Crippen molar-refractivity contribution in [3.63, 3.8) is 0 Å². The second kappa shape index (κ2) is 12.6. The lowest BCUT2D eigenvalue weighted by atomic mass is 10.1. The first-order valence-electron chi connectivity index (χ1n) is 12.6. The van der Waals surface area contributed by atoms with Crippen LogP contribution in [-0.2, 0) is 14.8 Å². The van der Waals surface area contributed by atoms with Crippen LogP contribution in [0.1, 0.15) is 0 Å². The average Bonchev–Trinajstić information content (AvgIpc) is 2.96. The number of halogens is 2. The number of ether oxygens (including phenoxy) is 2. The molecule has 0 amide bonds. The smallest absolute Gasteiger partial charge is 0.261 e. The van der Waals surface area contributed by atoms with Crippen molar-refractivity contribution in [2.24, 2.45) is 0 Å². The zero-order chi connectivity index (χ0) is 28.0. The summed E-state index contributed by atoms with van der Waals surface area (Å²) in [4.78, 5) is 10.8. The fourth-order valence-electron chi connectivity index (χ4n) is 4.05. The zero-order valence-electron chi connectivity index (χ0n) is 21.4. The molecule has 2 heterocycles. The van der Waals surface area contributed by atoms with Crippen LogP contribution in [0.4, 0.5) is 21.6 Å². The zero-order valence-corrected chi connectivity index (χ0v) is 23.0. The minimum absolute atomic E-state index is 0.137. The SMILES string of the molecule is O=S(=O)(Nc1ccc(Nc2cc(-c3ccc(OCCN4CCOCC4)cc3)ncn2)cc1)c1ccc(F)c(Cl)c1. The third-order valence-corrected chi connectivity index (χ3v) is 7.88. The number of anilines is 3. The number of hydrogen-bond acceptors (Lipinski definition) is 8. The van der Waals surface area contributed by atoms with E-state index in [-0.39, 0.29) is 9.92 Å². The van der Waals surface area contributed by atoms with E-state index in [1.807, 2.05) is 30.3 Å². The molecule has 1 aliphatic heterocycles. The maximum Gasteiger partial charge on any atom is 0.261 e. The van der Waals surface area contributed by atoms with Gasteiger partial charge in [0.2, 0.25) is 0 Å². The topological polar surface area (TPSA) is 106 Å². The van der Waals surface area contributed by atoms with Crippen molar-refractivity contribution < 1.29 is 22.3 Å². The van der Waals surface area contributed by atoms with Gasteiger partial charge >= 0.3 is 0 Å². The van der Waals surface area contributed by atoms with Crippen LogP contribution < -0.4 is 14.8 Å². The lowest BCUT2D eigenvalue weighted by Crippen LogP contribution is -2.38. The number of sulfonamides is 1. The number of benzene rings is 3. The Morgan fingerprint density at radius 1 is 0.950 bits per heavy atom. The molecule has 1 saturated heterocycles. The van der Waals surface area contributed by atoms with Crippen LogP contribution in [0, 0.1) is 5.82 Å². The van der Waals surface area contributed by atoms with Crippen molar-refractivity contribution in [2.45, 2.75) is 4.90 Å². The number of hydrogen-bond donors (Lipinski definition) is 2. The highest BCUT2D eigenvalue weighted by atomic mass is 35.5. The Hall–Kier alpha value is -3.77. The number of aromatic nitrogens is 2. The molecule has 0 spiro atoms. The number of nitrogens with zero attached hydrogens (tertiary/aromatic N) is 3. The van der Waals surface area contributed by atoms with Gasteiger partial charge in [0.1, 0.15) is 30.3 Å². The van der Waals surface area contributed by atoms with Crippen LogP contribution in [0.25, 0.3) is 11.3 Å². The highest BCUT2D eigenvalue weighted by Crippen LogP contribution is 2.25. The molecule has 1 aromatic heterocycles. The summed E-state index contributed by atoms with van der Waals surface area (Å²) in [5.41, 5.74) is 2.68. The summed E-state index contributed by atoms with van der Waals surface area (Å²) in [6.45, 7) is 4.88. The molecule has 12 heteroatoms. The van der Waals surface area contributed by atoms with Gasteiger partial charge in [-0.25, -0.2) is 22.8 Å². The van der Waals surface area contributed by atoms with Gasteiger partial charge in [0.25, 0.3) is 10.0 Å². The third kappa shape index (κ3) is 7.24. The molecule has 4 aromatic rings. The first kappa shape index (κ1) is 27.8. The Labute approximate surface area is 237 Å². The molecule has 40 heavy (non-hydrogen) atoms. The van der Waals surface area contributed by atoms with E-state index < -0.39 is 15.8 Å². The maximum atomic E-state index is 13.4. The van der Waals surface area contributed by atoms with Gasteiger partial charge in [-0.1, -0.05) is 11.6 Å². The van der Waals surface area contributed by atoms with Gasteiger partial charge < -0.3 is 14.8 Å². The normalized spacial score (nSPS) is 14.1. The molecule has 0 saturated carbocycles. The van der Waals surface area contributed by atoms with Gasteiger partial charge in [0, 0.05) is 42.6 Å². The Morgan fingerprint density at radius 3 is 2.40 bits per heavy atom. The van der Waals surface area contributed by atoms with E-state index in [1.54, 1.807) is 24.3 Å². The molecule has 3 aromatic carbocycles. The second-order valence-corrected chi connectivity index (χ2v) is 11.1. The van der Waals surface area contributed by atoms with Gasteiger partial charge in [-0.3, -0.25) is 9.62 Å². The fourth-order valence-corrected chi connectivity index (χ4v) is 5.38. The summed E-state index contributed by atoms with van der Waals surface area (Å²) in [5, 5.41) is 2.93. The maximum absolute atomic E-state index is 13.4. The average molecular weight is 584 g/mol. The van der Waals surface area contributed by atoms with Gasteiger partial charge in [0.05, 0.1) is 28.8 Å². The van der Waals surface area contributed by atoms with Crippen LogP contribution in [0.5, 0.6) is 5.75 Å². The van der Waals surface area contributed by atoms with Crippen molar-refractivity contribution in [1.82, 2.24) is 14.9 Å². The number of nitrogens with one attached hydrogen (secondary N) is 2. The highest BCUT2D eigenvalue weighted by molar-refractivity contribution is 7.92. The quantitative estimate of drug-likeness (QED) is 0.263. The molecule has 0 unspecified atom stereocenters. The molecule has 0 radical (unpaired) electrons. The van der Waals surface area contributed by atoms with Crippen molar-refractivity contribution in [1.29, 1.82) is 0 Å². The molecule has 0 aliphatic carbocycles. The Balaban J connectivity index is 1.18. The molecule has 1 aliphatic rings. The summed E-state index contributed by atoms with van der Waals surface area (Å²) < 4.78 is 52.3. The lowest BCUT2D eigenvalue weighted by Gasteiger charge is -2.26. The van der Waals surface area contributed by atoms with Crippen LogP contribution in [0.3, 0.4) is 0 Å². The van der Waals surface area contributed by atoms with Crippen molar-refractivity contribution in [3.05, 3.63) is 90.0 Å². The molecule has 208 valence electrons. The van der Waals surface area contributed by atoms with E-state index >= 15 is 0 Å². The molecule has 0 bridgehead atoms. The van der Waals surface area contributed by atoms with E-state index in [4.69, 9.17) is 21.1 Å². The summed E-state index contributed by atoms with van der Waals surface area (Å²) >= 11 is 5.72. The monoisotopic (exact) mass is 583 g/mol. The highest BCUT2D eigenvalue weighted by Gasteiger charge is 2.16. The van der Waals surface area contributed by atoms with E-state index in [9.17, 15) is 12.8 Å². The van der Waals surface area contributed by atoms with Crippen LogP contribution in [-0.4, -0.2) is 62.7 Å². The van der Waals surface area contributed by atoms with E-state index in [1.165, 1.54) is 6.33 Å². The first-order chi connectivity index (χ1) is 19.4. The Bertz CT molecular complexity index is 1550. The van der Waals surface area contributed by atoms with Gasteiger partial charge in [-0.15, -0.1) is 0 Å². The van der Waals surface area contributed by atoms with Crippen molar-refractivity contribution >= 4 is 38.8 Å². The number of morpholine rings is 1. The van der Waals surface area contributed by atoms with Gasteiger partial charge in [-0.2, -0.15) is 0 Å². The van der Waals surface area contributed by atoms with E-state index in [2.05, 4.69) is 24.9 Å². The minimum atomic E-state index is -3.93. The van der Waals surface area contributed by atoms with Crippen LogP contribution in [0.2, 0.25) is 5.02 Å². The molecule has 0 atom stereocenters. The molecule has 2 N–H and O–H groups in total. The van der Waals surface area contributed by atoms with E-state index in [0.717, 1.165) is 68.1 Å². The third-order valence-electron chi connectivity index (χ3n) is 6.21. The van der Waals surface area contributed by atoms with Crippen molar-refractivity contribution in [3.8, 4) is 17.0 Å². The molecular weight excluding hydrogens is 557 g/mol. The Kier molecular flexibility index (Phi) is 8.75. The Morgan fingerprint density at radius 2 is 1.68 bits per heavy atom. The first-order valence-corrected chi connectivity index (χ1v) is 14.4. The van der Waals surface area contributed by atoms with Gasteiger partial charge in [0.15, 0.2) is 0 Å². The van der Waals surface area contributed by atoms with Crippen LogP contribution >= 0.6 is 11.6 Å². The molecular formula is C28H27ClFN5O4S. The molecule has 5 rings (SSSR count). The standard InChI is InChI=1S/C28H27ClFN5O4S/c29-25-17-24(9-10-26(25)30)40(36,37)34-22-5-3-21(4-6-22)33-28-18-27(31-19-32-28)20-1-7-23(8-2-20)39-16-13-35-11-14-38-15-12-35/h1-10,17-19,34H,11-16H2,(H,31,32,33). The lowest BCUT2D eigenvalue weighted by molar-refractivity contribution is 0.0322. The summed E-state index contributed by atoms with van der Waals surface area (Å²) in [6, 6.07) is 19.4. The molecule has 1 fully saturated rings. The minimum Gasteiger partial charge on any atom is -0.492 e.